The molecule has 18 heavy (non-hydrogen) atoms. The first-order valence-corrected chi connectivity index (χ1v) is 7.81. The van der Waals surface area contributed by atoms with Crippen molar-refractivity contribution in [3.05, 3.63) is 18.0 Å². The lowest BCUT2D eigenvalue weighted by Gasteiger charge is -2.07. The number of aryl methyl sites for hydroxylation is 1. The highest BCUT2D eigenvalue weighted by Crippen LogP contribution is 2.10. The molecular weight excluding hydrogens is 246 g/mol. The Kier molecular flexibility index (Phi) is 6.72. The summed E-state index contributed by atoms with van der Waals surface area (Å²) in [4.78, 5) is 11.9. The fraction of sp³-hybridized carbons (Fsp3) is 0.615. The van der Waals surface area contributed by atoms with Crippen molar-refractivity contribution >= 4 is 23.4 Å². The molecule has 0 aliphatic rings. The quantitative estimate of drug-likeness (QED) is 0.712. The van der Waals surface area contributed by atoms with E-state index in [2.05, 4.69) is 11.6 Å². The summed E-state index contributed by atoms with van der Waals surface area (Å²) in [6.07, 6.45) is 7.33. The van der Waals surface area contributed by atoms with Gasteiger partial charge in [0.1, 0.15) is 5.69 Å². The van der Waals surface area contributed by atoms with Crippen LogP contribution in [0.2, 0.25) is 0 Å². The number of amides is 1. The first kappa shape index (κ1) is 15.0. The van der Waals surface area contributed by atoms with Gasteiger partial charge in [0.25, 0.3) is 5.91 Å². The average molecular weight is 269 g/mol. The zero-order valence-corrected chi connectivity index (χ0v) is 12.1. The van der Waals surface area contributed by atoms with E-state index in [1.807, 2.05) is 23.3 Å². The highest BCUT2D eigenvalue weighted by molar-refractivity contribution is 7.98. The summed E-state index contributed by atoms with van der Waals surface area (Å²) in [6.45, 7) is 3.49. The molecule has 0 bridgehead atoms. The number of nitrogens with zero attached hydrogens (tertiary/aromatic N) is 1. The highest BCUT2D eigenvalue weighted by Gasteiger charge is 2.10. The molecule has 0 aliphatic heterocycles. The van der Waals surface area contributed by atoms with Crippen molar-refractivity contribution in [3.63, 3.8) is 0 Å². The smallest absolute Gasteiger partial charge is 0.267 e. The SMILES string of the molecule is CCn1cc(N)cc1C(=O)NCCCCCSC. The number of nitrogen functional groups attached to an aromatic ring is 1. The number of hydrogen-bond donors (Lipinski definition) is 2. The minimum absolute atomic E-state index is 0.0292. The van der Waals surface area contributed by atoms with Gasteiger partial charge in [-0.3, -0.25) is 4.79 Å². The van der Waals surface area contributed by atoms with Gasteiger partial charge in [0.05, 0.1) is 5.69 Å². The van der Waals surface area contributed by atoms with Gasteiger partial charge in [-0.2, -0.15) is 11.8 Å². The zero-order chi connectivity index (χ0) is 13.4. The maximum absolute atomic E-state index is 11.9. The third kappa shape index (κ3) is 4.64. The van der Waals surface area contributed by atoms with Crippen molar-refractivity contribution in [1.29, 1.82) is 0 Å². The van der Waals surface area contributed by atoms with Crippen LogP contribution in [0.1, 0.15) is 36.7 Å². The Balaban J connectivity index is 2.32. The van der Waals surface area contributed by atoms with E-state index in [0.29, 0.717) is 11.4 Å². The molecular formula is C13H23N3OS. The van der Waals surface area contributed by atoms with Crippen LogP contribution in [0, 0.1) is 0 Å². The molecule has 0 aliphatic carbocycles. The van der Waals surface area contributed by atoms with Gasteiger partial charge in [0.15, 0.2) is 0 Å². The number of anilines is 1. The molecule has 5 heteroatoms. The second kappa shape index (κ2) is 8.08. The van der Waals surface area contributed by atoms with Crippen molar-refractivity contribution in [1.82, 2.24) is 9.88 Å². The van der Waals surface area contributed by atoms with E-state index in [-0.39, 0.29) is 5.91 Å². The van der Waals surface area contributed by atoms with Crippen molar-refractivity contribution in [2.75, 3.05) is 24.3 Å². The predicted octanol–water partition coefficient (Wildman–Crippen LogP) is 2.35. The van der Waals surface area contributed by atoms with Crippen LogP contribution >= 0.6 is 11.8 Å². The summed E-state index contributed by atoms with van der Waals surface area (Å²) in [7, 11) is 0. The van der Waals surface area contributed by atoms with Gasteiger partial charge >= 0.3 is 0 Å². The number of thioether (sulfide) groups is 1. The summed E-state index contributed by atoms with van der Waals surface area (Å²) in [5.74, 6) is 1.17. The lowest BCUT2D eigenvalue weighted by atomic mass is 10.2. The van der Waals surface area contributed by atoms with Gasteiger partial charge in [-0.05, 0) is 37.8 Å². The van der Waals surface area contributed by atoms with Crippen LogP contribution < -0.4 is 11.1 Å². The third-order valence-corrected chi connectivity index (χ3v) is 3.50. The van der Waals surface area contributed by atoms with Gasteiger partial charge in [0, 0.05) is 19.3 Å². The molecule has 1 aromatic heterocycles. The fourth-order valence-corrected chi connectivity index (χ4v) is 2.32. The summed E-state index contributed by atoms with van der Waals surface area (Å²) < 4.78 is 1.87. The number of hydrogen-bond acceptors (Lipinski definition) is 3. The fourth-order valence-electron chi connectivity index (χ4n) is 1.83. The summed E-state index contributed by atoms with van der Waals surface area (Å²) in [5, 5.41) is 2.94. The third-order valence-electron chi connectivity index (χ3n) is 2.80. The van der Waals surface area contributed by atoms with Crippen LogP contribution in [0.25, 0.3) is 0 Å². The largest absolute Gasteiger partial charge is 0.397 e. The predicted molar refractivity (Wildman–Crippen MR) is 79.1 cm³/mol. The van der Waals surface area contributed by atoms with Crippen molar-refractivity contribution in [2.24, 2.45) is 0 Å². The van der Waals surface area contributed by atoms with Gasteiger partial charge in [-0.15, -0.1) is 0 Å². The van der Waals surface area contributed by atoms with E-state index >= 15 is 0 Å². The van der Waals surface area contributed by atoms with E-state index in [9.17, 15) is 4.79 Å². The number of carbonyl (C=O) groups is 1. The number of nitrogens with one attached hydrogen (secondary N) is 1. The molecule has 102 valence electrons. The van der Waals surface area contributed by atoms with Crippen LogP contribution in [0.4, 0.5) is 5.69 Å². The Morgan fingerprint density at radius 1 is 1.44 bits per heavy atom. The van der Waals surface area contributed by atoms with E-state index in [4.69, 9.17) is 5.73 Å². The number of rotatable bonds is 8. The van der Waals surface area contributed by atoms with E-state index < -0.39 is 0 Å². The maximum atomic E-state index is 11.9. The lowest BCUT2D eigenvalue weighted by molar-refractivity contribution is 0.0944. The van der Waals surface area contributed by atoms with Crippen LogP contribution in [0.15, 0.2) is 12.3 Å². The molecule has 0 atom stereocenters. The second-order valence-electron chi connectivity index (χ2n) is 4.25. The molecule has 1 rings (SSSR count). The summed E-state index contributed by atoms with van der Waals surface area (Å²) >= 11 is 1.87. The first-order chi connectivity index (χ1) is 8.69. The van der Waals surface area contributed by atoms with Crippen molar-refractivity contribution in [2.45, 2.75) is 32.7 Å². The summed E-state index contributed by atoms with van der Waals surface area (Å²) in [6, 6.07) is 1.73. The van der Waals surface area contributed by atoms with Crippen LogP contribution in [0.5, 0.6) is 0 Å². The van der Waals surface area contributed by atoms with Gasteiger partial charge in [-0.1, -0.05) is 6.42 Å². The van der Waals surface area contributed by atoms with Crippen LogP contribution in [0.3, 0.4) is 0 Å². The Labute approximate surface area is 113 Å². The first-order valence-electron chi connectivity index (χ1n) is 6.41. The zero-order valence-electron chi connectivity index (χ0n) is 11.2. The van der Waals surface area contributed by atoms with Gasteiger partial charge < -0.3 is 15.6 Å². The second-order valence-corrected chi connectivity index (χ2v) is 5.24. The molecule has 0 saturated carbocycles. The maximum Gasteiger partial charge on any atom is 0.267 e. The standard InChI is InChI=1S/C13H23N3OS/c1-3-16-10-11(14)9-12(16)13(17)15-7-5-4-6-8-18-2/h9-10H,3-8,14H2,1-2H3,(H,15,17). The van der Waals surface area contributed by atoms with E-state index in [1.165, 1.54) is 12.2 Å². The number of aromatic nitrogens is 1. The highest BCUT2D eigenvalue weighted by atomic mass is 32.2. The number of unbranched alkanes of at least 4 members (excludes halogenated alkanes) is 2. The minimum Gasteiger partial charge on any atom is -0.397 e. The molecule has 0 spiro atoms. The van der Waals surface area contributed by atoms with Gasteiger partial charge in [0.2, 0.25) is 0 Å². The Bertz CT molecular complexity index is 376. The van der Waals surface area contributed by atoms with Gasteiger partial charge in [-0.25, -0.2) is 0 Å². The number of nitrogens with two attached hydrogens (primary N) is 1. The molecule has 0 fully saturated rings. The monoisotopic (exact) mass is 269 g/mol. The molecule has 1 aromatic rings. The van der Waals surface area contributed by atoms with Crippen molar-refractivity contribution < 1.29 is 4.79 Å². The number of carbonyl (C=O) groups excluding carboxylic acids is 1. The van der Waals surface area contributed by atoms with E-state index in [1.54, 1.807) is 12.3 Å². The van der Waals surface area contributed by atoms with Crippen LogP contribution in [-0.2, 0) is 6.54 Å². The molecule has 1 heterocycles. The molecule has 0 radical (unpaired) electrons. The normalized spacial score (nSPS) is 10.6. The van der Waals surface area contributed by atoms with Crippen molar-refractivity contribution in [3.8, 4) is 0 Å². The van der Waals surface area contributed by atoms with Crippen LogP contribution in [-0.4, -0.2) is 29.0 Å². The molecule has 0 aromatic carbocycles. The molecule has 0 unspecified atom stereocenters. The average Bonchev–Trinajstić information content (AvgIpc) is 2.74. The minimum atomic E-state index is -0.0292. The topological polar surface area (TPSA) is 60.0 Å². The Morgan fingerprint density at radius 2 is 2.22 bits per heavy atom. The molecule has 0 saturated heterocycles. The Morgan fingerprint density at radius 3 is 2.89 bits per heavy atom. The Hall–Kier alpha value is -1.10. The molecule has 4 nitrogen and oxygen atoms in total. The molecule has 3 N–H and O–H groups in total. The molecule has 1 amide bonds. The summed E-state index contributed by atoms with van der Waals surface area (Å²) in [5.41, 5.74) is 6.99. The van der Waals surface area contributed by atoms with E-state index in [0.717, 1.165) is 25.9 Å². The lowest BCUT2D eigenvalue weighted by Crippen LogP contribution is -2.26.